The molecular formula is C16H26N2O2. The molecule has 0 spiro atoms. The second-order valence-corrected chi connectivity index (χ2v) is 6.82. The number of rotatable bonds is 3. The summed E-state index contributed by atoms with van der Waals surface area (Å²) >= 11 is 0. The largest absolute Gasteiger partial charge is 0.340 e. The van der Waals surface area contributed by atoms with E-state index in [4.69, 9.17) is 0 Å². The molecule has 1 saturated carbocycles. The van der Waals surface area contributed by atoms with E-state index in [1.54, 1.807) is 0 Å². The van der Waals surface area contributed by atoms with E-state index in [-0.39, 0.29) is 17.9 Å². The van der Waals surface area contributed by atoms with Crippen molar-refractivity contribution in [3.63, 3.8) is 0 Å². The monoisotopic (exact) mass is 278 g/mol. The Balaban J connectivity index is 1.75. The van der Waals surface area contributed by atoms with Crippen molar-refractivity contribution in [2.45, 2.75) is 64.3 Å². The van der Waals surface area contributed by atoms with Crippen LogP contribution < -0.4 is 0 Å². The maximum Gasteiger partial charge on any atom is 0.245 e. The molecule has 0 bridgehead atoms. The summed E-state index contributed by atoms with van der Waals surface area (Å²) in [6, 6.07) is -0.152. The van der Waals surface area contributed by atoms with Crippen LogP contribution in [-0.4, -0.2) is 47.3 Å². The predicted molar refractivity (Wildman–Crippen MR) is 77.1 cm³/mol. The number of carbonyl (C=O) groups is 2. The zero-order valence-corrected chi connectivity index (χ0v) is 12.6. The summed E-state index contributed by atoms with van der Waals surface area (Å²) < 4.78 is 0. The van der Waals surface area contributed by atoms with Crippen LogP contribution in [0.1, 0.15) is 58.3 Å². The summed E-state index contributed by atoms with van der Waals surface area (Å²) in [6.45, 7) is 4.54. The Morgan fingerprint density at radius 2 is 1.90 bits per heavy atom. The quantitative estimate of drug-likeness (QED) is 0.794. The Labute approximate surface area is 121 Å². The Morgan fingerprint density at radius 3 is 2.60 bits per heavy atom. The van der Waals surface area contributed by atoms with Crippen molar-refractivity contribution in [1.82, 2.24) is 9.80 Å². The zero-order valence-electron chi connectivity index (χ0n) is 12.6. The number of hydrogen-bond donors (Lipinski definition) is 0. The molecule has 3 fully saturated rings. The molecule has 112 valence electrons. The second-order valence-electron chi connectivity index (χ2n) is 6.82. The number of nitrogens with zero attached hydrogens (tertiary/aromatic N) is 2. The lowest BCUT2D eigenvalue weighted by molar-refractivity contribution is -0.140. The van der Waals surface area contributed by atoms with Gasteiger partial charge in [-0.2, -0.15) is 0 Å². The van der Waals surface area contributed by atoms with Crippen molar-refractivity contribution in [3.8, 4) is 0 Å². The summed E-state index contributed by atoms with van der Waals surface area (Å²) in [5, 5.41) is 0. The first-order valence-electron chi connectivity index (χ1n) is 8.23. The molecule has 1 unspecified atom stereocenters. The highest BCUT2D eigenvalue weighted by atomic mass is 16.2. The van der Waals surface area contributed by atoms with Crippen LogP contribution in [0.25, 0.3) is 0 Å². The minimum Gasteiger partial charge on any atom is -0.340 e. The van der Waals surface area contributed by atoms with Gasteiger partial charge in [-0.1, -0.05) is 19.8 Å². The molecule has 0 N–H and O–H groups in total. The van der Waals surface area contributed by atoms with Crippen LogP contribution in [0, 0.1) is 5.41 Å². The van der Waals surface area contributed by atoms with Crippen LogP contribution in [0.4, 0.5) is 0 Å². The molecule has 1 aliphatic carbocycles. The van der Waals surface area contributed by atoms with E-state index < -0.39 is 0 Å². The molecule has 4 heteroatoms. The molecule has 2 saturated heterocycles. The molecule has 2 aliphatic heterocycles. The zero-order chi connectivity index (χ0) is 14.2. The van der Waals surface area contributed by atoms with Crippen LogP contribution in [0.2, 0.25) is 0 Å². The highest BCUT2D eigenvalue weighted by Gasteiger charge is 2.42. The normalized spacial score (nSPS) is 29.8. The van der Waals surface area contributed by atoms with Gasteiger partial charge in [0, 0.05) is 26.1 Å². The van der Waals surface area contributed by atoms with Crippen molar-refractivity contribution in [2.75, 3.05) is 19.6 Å². The molecule has 2 amide bonds. The summed E-state index contributed by atoms with van der Waals surface area (Å²) in [6.07, 6.45) is 8.59. The van der Waals surface area contributed by atoms with Gasteiger partial charge in [0.05, 0.1) is 0 Å². The highest BCUT2D eigenvalue weighted by Crippen LogP contribution is 2.42. The summed E-state index contributed by atoms with van der Waals surface area (Å²) in [5.74, 6) is 0.397. The lowest BCUT2D eigenvalue weighted by Crippen LogP contribution is -2.46. The standard InChI is InChI=1S/C16H26N2O2/c1-2-16(8-3-4-9-16)12-17-11-7-14(19)18-10-5-6-13(18)15(17)20/h13H,2-12H2,1H3. The van der Waals surface area contributed by atoms with E-state index in [9.17, 15) is 9.59 Å². The maximum absolute atomic E-state index is 12.8. The Morgan fingerprint density at radius 1 is 1.15 bits per heavy atom. The van der Waals surface area contributed by atoms with Gasteiger partial charge in [0.15, 0.2) is 0 Å². The van der Waals surface area contributed by atoms with Crippen molar-refractivity contribution >= 4 is 11.8 Å². The van der Waals surface area contributed by atoms with E-state index in [1.807, 2.05) is 9.80 Å². The fraction of sp³-hybridized carbons (Fsp3) is 0.875. The van der Waals surface area contributed by atoms with E-state index in [2.05, 4.69) is 6.92 Å². The number of hydrogen-bond acceptors (Lipinski definition) is 2. The smallest absolute Gasteiger partial charge is 0.245 e. The summed E-state index contributed by atoms with van der Waals surface area (Å²) in [4.78, 5) is 28.7. The van der Waals surface area contributed by atoms with Gasteiger partial charge < -0.3 is 9.80 Å². The summed E-state index contributed by atoms with van der Waals surface area (Å²) in [5.41, 5.74) is 0.326. The van der Waals surface area contributed by atoms with Gasteiger partial charge in [0.2, 0.25) is 11.8 Å². The van der Waals surface area contributed by atoms with Gasteiger partial charge in [-0.05, 0) is 37.5 Å². The molecule has 0 aromatic carbocycles. The lowest BCUT2D eigenvalue weighted by atomic mass is 9.82. The highest BCUT2D eigenvalue weighted by molar-refractivity contribution is 5.90. The Kier molecular flexibility index (Phi) is 3.74. The van der Waals surface area contributed by atoms with Crippen molar-refractivity contribution < 1.29 is 9.59 Å². The van der Waals surface area contributed by atoms with Crippen molar-refractivity contribution in [1.29, 1.82) is 0 Å². The third kappa shape index (κ3) is 2.33. The maximum atomic E-state index is 12.8. The van der Waals surface area contributed by atoms with Gasteiger partial charge in [0.1, 0.15) is 6.04 Å². The molecule has 0 radical (unpaired) electrons. The van der Waals surface area contributed by atoms with Gasteiger partial charge in [-0.15, -0.1) is 0 Å². The first-order chi connectivity index (χ1) is 9.65. The number of fused-ring (bicyclic) bond motifs is 1. The molecule has 20 heavy (non-hydrogen) atoms. The minimum absolute atomic E-state index is 0.152. The van der Waals surface area contributed by atoms with Crippen molar-refractivity contribution in [2.24, 2.45) is 5.41 Å². The van der Waals surface area contributed by atoms with Crippen LogP contribution >= 0.6 is 0 Å². The third-order valence-corrected chi connectivity index (χ3v) is 5.71. The molecule has 2 heterocycles. The molecule has 4 nitrogen and oxygen atoms in total. The molecular weight excluding hydrogens is 252 g/mol. The second kappa shape index (κ2) is 5.38. The number of amides is 2. The van der Waals surface area contributed by atoms with Crippen LogP contribution in [0.5, 0.6) is 0 Å². The fourth-order valence-electron chi connectivity index (χ4n) is 4.33. The van der Waals surface area contributed by atoms with Gasteiger partial charge in [0.25, 0.3) is 0 Å². The molecule has 3 rings (SSSR count). The average molecular weight is 278 g/mol. The van der Waals surface area contributed by atoms with Gasteiger partial charge in [-0.3, -0.25) is 9.59 Å². The van der Waals surface area contributed by atoms with E-state index >= 15 is 0 Å². The van der Waals surface area contributed by atoms with Crippen LogP contribution in [-0.2, 0) is 9.59 Å². The Bertz CT molecular complexity index is 401. The molecule has 3 aliphatic rings. The van der Waals surface area contributed by atoms with E-state index in [0.717, 1.165) is 32.4 Å². The van der Waals surface area contributed by atoms with Gasteiger partial charge in [-0.25, -0.2) is 0 Å². The Hall–Kier alpha value is -1.06. The van der Waals surface area contributed by atoms with Crippen molar-refractivity contribution in [3.05, 3.63) is 0 Å². The van der Waals surface area contributed by atoms with E-state index in [1.165, 1.54) is 25.7 Å². The fourth-order valence-corrected chi connectivity index (χ4v) is 4.33. The first-order valence-corrected chi connectivity index (χ1v) is 8.23. The van der Waals surface area contributed by atoms with E-state index in [0.29, 0.717) is 18.4 Å². The predicted octanol–water partition coefficient (Wildman–Crippen LogP) is 2.18. The topological polar surface area (TPSA) is 40.6 Å². The molecule has 0 aromatic heterocycles. The van der Waals surface area contributed by atoms with Crippen LogP contribution in [0.15, 0.2) is 0 Å². The summed E-state index contributed by atoms with van der Waals surface area (Å²) in [7, 11) is 0. The number of carbonyl (C=O) groups excluding carboxylic acids is 2. The minimum atomic E-state index is -0.152. The first kappa shape index (κ1) is 13.9. The molecule has 0 aromatic rings. The lowest BCUT2D eigenvalue weighted by Gasteiger charge is -2.35. The molecule has 1 atom stereocenters. The SMILES string of the molecule is CCC1(CN2CCC(=O)N3CCCC3C2=O)CCCC1. The van der Waals surface area contributed by atoms with Gasteiger partial charge >= 0.3 is 0 Å². The van der Waals surface area contributed by atoms with Crippen LogP contribution in [0.3, 0.4) is 0 Å². The average Bonchev–Trinajstić information content (AvgIpc) is 3.09. The third-order valence-electron chi connectivity index (χ3n) is 5.71.